The number of H-pyrrole nitrogens is 1. The Balaban J connectivity index is 0.923. The van der Waals surface area contributed by atoms with Gasteiger partial charge in [0.1, 0.15) is 22.8 Å². The fourth-order valence-corrected chi connectivity index (χ4v) is 11.0. The molecule has 16 heteroatoms. The summed E-state index contributed by atoms with van der Waals surface area (Å²) in [6, 6.07) is 18.9. The summed E-state index contributed by atoms with van der Waals surface area (Å²) in [6.07, 6.45) is 11.7. The number of fused-ring (bicyclic) bond motifs is 2. The number of piperazine rings is 1. The Morgan fingerprint density at radius 1 is 1.03 bits per heavy atom. The number of amides is 1. The molecule has 60 heavy (non-hydrogen) atoms. The lowest BCUT2D eigenvalue weighted by Gasteiger charge is -2.50. The lowest BCUT2D eigenvalue weighted by atomic mass is 9.58. The number of sulfonamides is 1. The molecule has 2 saturated heterocycles. The molecule has 0 unspecified atom stereocenters. The van der Waals surface area contributed by atoms with Crippen LogP contribution in [-0.2, 0) is 21.2 Å². The summed E-state index contributed by atoms with van der Waals surface area (Å²) < 4.78 is 41.4. The molecule has 9 rings (SSSR count). The molecule has 2 aromatic heterocycles. The third kappa shape index (κ3) is 8.27. The molecule has 5 aromatic rings. The number of carbonyl (C=O) groups is 1. The first-order valence-electron chi connectivity index (χ1n) is 20.7. The van der Waals surface area contributed by atoms with Crippen LogP contribution in [0.3, 0.4) is 0 Å². The van der Waals surface area contributed by atoms with Crippen LogP contribution in [0.2, 0.25) is 5.02 Å². The van der Waals surface area contributed by atoms with Crippen molar-refractivity contribution in [2.24, 2.45) is 11.3 Å². The largest absolute Gasteiger partial charge is 0.455 e. The molecule has 1 atom stereocenters. The van der Waals surface area contributed by atoms with E-state index < -0.39 is 31.4 Å². The number of nitro groups is 1. The van der Waals surface area contributed by atoms with Crippen LogP contribution in [-0.4, -0.2) is 80.1 Å². The first-order valence-corrected chi connectivity index (χ1v) is 22.6. The number of rotatable bonds is 11. The Kier molecular flexibility index (Phi) is 11.2. The van der Waals surface area contributed by atoms with Crippen molar-refractivity contribution >= 4 is 55.6 Å². The maximum atomic E-state index is 13.9. The van der Waals surface area contributed by atoms with Gasteiger partial charge in [-0.3, -0.25) is 19.8 Å². The number of halogens is 1. The highest BCUT2D eigenvalue weighted by molar-refractivity contribution is 7.90. The molecule has 4 heterocycles. The maximum absolute atomic E-state index is 13.9. The van der Waals surface area contributed by atoms with E-state index in [1.165, 1.54) is 29.5 Å². The van der Waals surface area contributed by atoms with E-state index in [1.807, 2.05) is 18.2 Å². The molecule has 0 radical (unpaired) electrons. The molecule has 314 valence electrons. The Hall–Kier alpha value is -5.22. The number of anilines is 2. The number of ether oxygens (including phenoxy) is 2. The van der Waals surface area contributed by atoms with Gasteiger partial charge in [-0.1, -0.05) is 30.2 Å². The number of nitrogens with one attached hydrogen (secondary N) is 3. The fraction of sp³-hybridized carbons (Fsp3) is 0.409. The third-order valence-electron chi connectivity index (χ3n) is 12.9. The molecule has 3 N–H and O–H groups in total. The van der Waals surface area contributed by atoms with E-state index in [4.69, 9.17) is 21.1 Å². The highest BCUT2D eigenvalue weighted by Gasteiger charge is 2.44. The van der Waals surface area contributed by atoms with Gasteiger partial charge in [0, 0.05) is 86.4 Å². The van der Waals surface area contributed by atoms with Crippen LogP contribution in [0.1, 0.15) is 72.5 Å². The van der Waals surface area contributed by atoms with Gasteiger partial charge >= 0.3 is 0 Å². The van der Waals surface area contributed by atoms with E-state index in [2.05, 4.69) is 35.9 Å². The second-order valence-electron chi connectivity index (χ2n) is 16.6. The zero-order valence-corrected chi connectivity index (χ0v) is 34.8. The van der Waals surface area contributed by atoms with E-state index in [9.17, 15) is 23.3 Å². The lowest BCUT2D eigenvalue weighted by Crippen LogP contribution is -2.47. The van der Waals surface area contributed by atoms with Crippen LogP contribution >= 0.6 is 11.6 Å². The highest BCUT2D eigenvalue weighted by atomic mass is 35.5. The number of aromatic amines is 1. The summed E-state index contributed by atoms with van der Waals surface area (Å²) in [5, 5.41) is 17.0. The van der Waals surface area contributed by atoms with Crippen LogP contribution in [0.4, 0.5) is 17.1 Å². The first-order chi connectivity index (χ1) is 29.0. The summed E-state index contributed by atoms with van der Waals surface area (Å²) in [4.78, 5) is 37.3. The minimum absolute atomic E-state index is 0.0300. The molecule has 2 aliphatic carbocycles. The van der Waals surface area contributed by atoms with E-state index in [0.29, 0.717) is 29.3 Å². The van der Waals surface area contributed by atoms with Crippen LogP contribution < -0.4 is 19.7 Å². The zero-order chi connectivity index (χ0) is 41.4. The molecule has 0 bridgehead atoms. The number of nitro benzene ring substituents is 1. The Morgan fingerprint density at radius 2 is 1.85 bits per heavy atom. The molecule has 14 nitrogen and oxygen atoms in total. The summed E-state index contributed by atoms with van der Waals surface area (Å²) >= 11 is 6.65. The van der Waals surface area contributed by atoms with Gasteiger partial charge in [-0.2, -0.15) is 0 Å². The van der Waals surface area contributed by atoms with Gasteiger partial charge in [0.05, 0.1) is 21.6 Å². The average molecular weight is 854 g/mol. The van der Waals surface area contributed by atoms with Crippen LogP contribution in [0.5, 0.6) is 11.5 Å². The topological polar surface area (TPSA) is 172 Å². The minimum atomic E-state index is -4.55. The summed E-state index contributed by atoms with van der Waals surface area (Å²) in [5.41, 5.74) is 4.16. The van der Waals surface area contributed by atoms with Gasteiger partial charge in [-0.15, -0.1) is 0 Å². The van der Waals surface area contributed by atoms with Crippen molar-refractivity contribution in [3.8, 4) is 11.5 Å². The van der Waals surface area contributed by atoms with Crippen molar-refractivity contribution in [2.75, 3.05) is 56.2 Å². The van der Waals surface area contributed by atoms with Crippen molar-refractivity contribution in [3.05, 3.63) is 111 Å². The van der Waals surface area contributed by atoms with Gasteiger partial charge in [0.25, 0.3) is 21.6 Å². The summed E-state index contributed by atoms with van der Waals surface area (Å²) in [6.45, 7) is 5.16. The highest BCUT2D eigenvalue weighted by Crippen LogP contribution is 2.52. The normalized spacial score (nSPS) is 19.6. The molecular formula is C44H48ClN7O7S. The van der Waals surface area contributed by atoms with Crippen molar-refractivity contribution in [1.29, 1.82) is 0 Å². The molecule has 3 aromatic carbocycles. The van der Waals surface area contributed by atoms with Crippen molar-refractivity contribution < 1.29 is 27.6 Å². The second-order valence-corrected chi connectivity index (χ2v) is 18.7. The number of hydrogen-bond donors (Lipinski definition) is 3. The monoisotopic (exact) mass is 853 g/mol. The van der Waals surface area contributed by atoms with Gasteiger partial charge in [0.2, 0.25) is 0 Å². The Morgan fingerprint density at radius 3 is 2.65 bits per heavy atom. The molecule has 2 aliphatic heterocycles. The molecule has 1 spiro atoms. The number of nitrogens with zero attached hydrogens (tertiary/aromatic N) is 4. The predicted octanol–water partition coefficient (Wildman–Crippen LogP) is 8.24. The van der Waals surface area contributed by atoms with E-state index in [0.717, 1.165) is 113 Å². The standard InChI is InChI=1S/C44H48ClN7O7S/c45-37-6-3-5-35-34(37)4-1-2-7-39(35)51-18-16-50(17-19-51)31-8-10-36(41(23-31)59-32-22-30-12-15-46-42(30)48-28-32)43(53)49-60(56,57)33-9-11-38(40(24-33)52(54)55)47-27-29-25-44(26-29)13-20-58-21-14-44/h3,5-6,8-12,15,22-24,28-29,39,47H,1-2,4,7,13-14,16-21,25-27H2,(H,46,48)(H,49,53)/t39-/m1/s1. The van der Waals surface area contributed by atoms with Crippen molar-refractivity contribution in [3.63, 3.8) is 0 Å². The summed E-state index contributed by atoms with van der Waals surface area (Å²) in [5.74, 6) is -0.0894. The van der Waals surface area contributed by atoms with E-state index in [1.54, 1.807) is 30.5 Å². The number of hydrogen-bond acceptors (Lipinski definition) is 11. The maximum Gasteiger partial charge on any atom is 0.293 e. The SMILES string of the molecule is O=C(NS(=O)(=O)c1ccc(NCC2CC3(CCOCC3)C2)c([N+](=O)[O-])c1)c1ccc(N2CCN([C@@H]3CCCCc4c(Cl)cccc43)CC2)cc1Oc1cnc2[nH]ccc2c1. The van der Waals surface area contributed by atoms with Crippen molar-refractivity contribution in [1.82, 2.24) is 19.6 Å². The quantitative estimate of drug-likeness (QED) is 0.0664. The molecule has 1 saturated carbocycles. The predicted molar refractivity (Wildman–Crippen MR) is 230 cm³/mol. The smallest absolute Gasteiger partial charge is 0.293 e. The third-order valence-corrected chi connectivity index (χ3v) is 14.6. The molecular weight excluding hydrogens is 806 g/mol. The number of aromatic nitrogens is 2. The van der Waals surface area contributed by atoms with E-state index >= 15 is 0 Å². The number of pyridine rings is 1. The van der Waals surface area contributed by atoms with Gasteiger partial charge < -0.3 is 24.7 Å². The number of benzene rings is 3. The van der Waals surface area contributed by atoms with Crippen LogP contribution in [0, 0.1) is 21.4 Å². The molecule has 3 fully saturated rings. The Labute approximate surface area is 353 Å². The first kappa shape index (κ1) is 40.2. The lowest BCUT2D eigenvalue weighted by molar-refractivity contribution is -0.384. The molecule has 4 aliphatic rings. The second kappa shape index (κ2) is 16.7. The minimum Gasteiger partial charge on any atom is -0.455 e. The fourth-order valence-electron chi connectivity index (χ4n) is 9.69. The van der Waals surface area contributed by atoms with E-state index in [-0.39, 0.29) is 23.0 Å². The molecule has 1 amide bonds. The zero-order valence-electron chi connectivity index (χ0n) is 33.2. The van der Waals surface area contributed by atoms with Crippen LogP contribution in [0.25, 0.3) is 11.0 Å². The average Bonchev–Trinajstić information content (AvgIpc) is 3.60. The van der Waals surface area contributed by atoms with Gasteiger partial charge in [-0.05, 0) is 110 Å². The van der Waals surface area contributed by atoms with Gasteiger partial charge in [-0.25, -0.2) is 18.1 Å². The Bertz CT molecular complexity index is 2530. The van der Waals surface area contributed by atoms with Crippen molar-refractivity contribution in [2.45, 2.75) is 62.3 Å². The number of carbonyl (C=O) groups excluding carboxylic acids is 1. The van der Waals surface area contributed by atoms with Crippen LogP contribution in [0.15, 0.2) is 84.0 Å². The van der Waals surface area contributed by atoms with Gasteiger partial charge in [0.15, 0.2) is 0 Å². The summed E-state index contributed by atoms with van der Waals surface area (Å²) in [7, 11) is -4.55.